The second-order valence-electron chi connectivity index (χ2n) is 11.9. The van der Waals surface area contributed by atoms with Crippen LogP contribution < -0.4 is 30.1 Å². The number of para-hydroxylation sites is 1. The van der Waals surface area contributed by atoms with Crippen LogP contribution in [0.2, 0.25) is 0 Å². The Morgan fingerprint density at radius 2 is 1.82 bits per heavy atom. The van der Waals surface area contributed by atoms with Crippen molar-refractivity contribution in [2.45, 2.75) is 75.9 Å². The Kier molecular flexibility index (Phi) is 9.23. The normalized spacial score (nSPS) is 23.1. The summed E-state index contributed by atoms with van der Waals surface area (Å²) in [6.07, 6.45) is -4.81. The maximum Gasteiger partial charge on any atom is 0.459 e. The summed E-state index contributed by atoms with van der Waals surface area (Å²) in [5, 5.41) is 15.3. The minimum absolute atomic E-state index is 0.0637. The van der Waals surface area contributed by atoms with Crippen LogP contribution in [0.4, 0.5) is 14.6 Å². The minimum atomic E-state index is -4.49. The number of aromatic nitrogens is 2. The molecule has 3 aromatic rings. The number of esters is 1. The van der Waals surface area contributed by atoms with E-state index in [0.29, 0.717) is 16.1 Å². The molecule has 0 bridgehead atoms. The molecule has 49 heavy (non-hydrogen) atoms. The number of carbonyl (C=O) groups is 2. The molecule has 6 rings (SSSR count). The molecule has 1 aromatic heterocycles. The average Bonchev–Trinajstić information content (AvgIpc) is 3.62. The summed E-state index contributed by atoms with van der Waals surface area (Å²) in [4.78, 5) is 41.8. The number of nitrogens with zero attached hydrogens (tertiary/aromatic N) is 2. The zero-order valence-electron chi connectivity index (χ0n) is 26.4. The third kappa shape index (κ3) is 7.45. The van der Waals surface area contributed by atoms with Crippen molar-refractivity contribution in [2.24, 2.45) is 0 Å². The number of alkyl halides is 2. The van der Waals surface area contributed by atoms with Crippen LogP contribution in [-0.2, 0) is 23.4 Å². The first-order valence-corrected chi connectivity index (χ1v) is 16.8. The monoisotopic (exact) mass is 706 g/mol. The Morgan fingerprint density at radius 3 is 2.49 bits per heavy atom. The zero-order valence-corrected chi connectivity index (χ0v) is 27.3. The fraction of sp³-hybridized carbons (Fsp3) is 0.419. The van der Waals surface area contributed by atoms with Crippen LogP contribution in [-0.4, -0.2) is 69.2 Å². The Hall–Kier alpha value is -4.41. The Bertz CT molecular complexity index is 1840. The van der Waals surface area contributed by atoms with Crippen LogP contribution in [0.15, 0.2) is 65.6 Å². The van der Waals surface area contributed by atoms with Gasteiger partial charge in [0.05, 0.1) is 12.7 Å². The van der Waals surface area contributed by atoms with E-state index in [2.05, 4.69) is 15.4 Å². The number of nitrogens with one attached hydrogen (secondary N) is 2. The van der Waals surface area contributed by atoms with Crippen molar-refractivity contribution in [3.63, 3.8) is 0 Å². The number of hydrogen-bond donors (Lipinski definition) is 3. The topological polar surface area (TPSA) is 186 Å². The quantitative estimate of drug-likeness (QED) is 0.183. The van der Waals surface area contributed by atoms with Gasteiger partial charge >= 0.3 is 25.3 Å². The standard InChI is InChI=1S/C31H33F2N4O11P/c1-17(2)44-27(40)18(3)36-49(42,48-20-7-5-4-6-8-20)43-16-23-25(38)31(32,33)28(45-23)37-14-11-24(35-29(37)41)34-26(39)19-9-10-21-22(15-19)47-30(46-21)12-13-30/h4-11,14-15,17-18,23,25,28,38H,12-13,16H2,1-3H3,(H,36,42)(H,34,35,39,41)/t18-,23-,25-,28?,49?/m1/s1. The summed E-state index contributed by atoms with van der Waals surface area (Å²) in [5.74, 6) is -5.43. The van der Waals surface area contributed by atoms with Crippen molar-refractivity contribution in [1.82, 2.24) is 14.6 Å². The number of halogens is 2. The summed E-state index contributed by atoms with van der Waals surface area (Å²) in [6, 6.07) is 12.2. The van der Waals surface area contributed by atoms with Gasteiger partial charge in [-0.15, -0.1) is 0 Å². The molecular weight excluding hydrogens is 673 g/mol. The first kappa shape index (κ1) is 34.5. The first-order chi connectivity index (χ1) is 23.2. The maximum absolute atomic E-state index is 15.3. The third-order valence-electron chi connectivity index (χ3n) is 7.59. The van der Waals surface area contributed by atoms with Crippen LogP contribution >= 0.6 is 7.75 Å². The minimum Gasteiger partial charge on any atom is -0.462 e. The van der Waals surface area contributed by atoms with E-state index in [1.165, 1.54) is 31.2 Å². The van der Waals surface area contributed by atoms with Crippen molar-refractivity contribution in [3.05, 3.63) is 76.8 Å². The van der Waals surface area contributed by atoms with Crippen molar-refractivity contribution >= 4 is 25.4 Å². The van der Waals surface area contributed by atoms with Gasteiger partial charge in [0.15, 0.2) is 17.6 Å². The van der Waals surface area contributed by atoms with E-state index in [0.717, 1.165) is 25.1 Å². The molecular formula is C31H33F2N4O11P. The Balaban J connectivity index is 1.13. The van der Waals surface area contributed by atoms with Gasteiger partial charge in [-0.1, -0.05) is 18.2 Å². The van der Waals surface area contributed by atoms with Crippen molar-refractivity contribution in [3.8, 4) is 17.2 Å². The van der Waals surface area contributed by atoms with Gasteiger partial charge in [-0.05, 0) is 57.2 Å². The highest BCUT2D eigenvalue weighted by Gasteiger charge is 2.60. The number of rotatable bonds is 12. The average molecular weight is 707 g/mol. The maximum atomic E-state index is 15.3. The van der Waals surface area contributed by atoms with Gasteiger partial charge in [-0.3, -0.25) is 18.7 Å². The van der Waals surface area contributed by atoms with E-state index in [9.17, 15) is 24.1 Å². The molecule has 15 nitrogen and oxygen atoms in total. The van der Waals surface area contributed by atoms with E-state index in [1.54, 1.807) is 38.1 Å². The summed E-state index contributed by atoms with van der Waals surface area (Å²) in [5.41, 5.74) is -1.05. The van der Waals surface area contributed by atoms with Gasteiger partial charge in [-0.2, -0.15) is 18.9 Å². The number of carbonyl (C=O) groups excluding carboxylic acids is 2. The van der Waals surface area contributed by atoms with Gasteiger partial charge in [0, 0.05) is 24.6 Å². The lowest BCUT2D eigenvalue weighted by molar-refractivity contribution is -0.149. The highest BCUT2D eigenvalue weighted by atomic mass is 31.2. The summed E-state index contributed by atoms with van der Waals surface area (Å²) >= 11 is 0. The van der Waals surface area contributed by atoms with Crippen molar-refractivity contribution < 1.29 is 56.0 Å². The molecule has 262 valence electrons. The molecule has 1 aliphatic carbocycles. The van der Waals surface area contributed by atoms with Crippen LogP contribution in [0.5, 0.6) is 17.2 Å². The van der Waals surface area contributed by atoms with Gasteiger partial charge in [0.25, 0.3) is 11.7 Å². The molecule has 1 saturated carbocycles. The fourth-order valence-corrected chi connectivity index (χ4v) is 6.50. The van der Waals surface area contributed by atoms with E-state index in [4.69, 9.17) is 28.0 Å². The molecule has 0 radical (unpaired) electrons. The number of aliphatic hydroxyl groups is 1. The lowest BCUT2D eigenvalue weighted by atomic mass is 10.1. The largest absolute Gasteiger partial charge is 0.462 e. The molecule has 2 aliphatic heterocycles. The molecule has 3 aliphatic rings. The molecule has 5 atom stereocenters. The highest BCUT2D eigenvalue weighted by Crippen LogP contribution is 2.51. The van der Waals surface area contributed by atoms with E-state index < -0.39 is 74.2 Å². The Morgan fingerprint density at radius 1 is 1.10 bits per heavy atom. The molecule has 3 heterocycles. The highest BCUT2D eigenvalue weighted by molar-refractivity contribution is 7.52. The number of aliphatic hydroxyl groups excluding tert-OH is 1. The molecule has 1 amide bonds. The van der Waals surface area contributed by atoms with Crippen molar-refractivity contribution in [2.75, 3.05) is 11.9 Å². The number of benzene rings is 2. The fourth-order valence-electron chi connectivity index (χ4n) is 5.00. The van der Waals surface area contributed by atoms with Crippen molar-refractivity contribution in [1.29, 1.82) is 0 Å². The van der Waals surface area contributed by atoms with Crippen LogP contribution in [0, 0.1) is 0 Å². The number of fused-ring (bicyclic) bond motifs is 1. The number of anilines is 1. The SMILES string of the molecule is CC(C)OC(=O)[C@@H](C)NP(=O)(OC[C@H]1OC(n2ccc(NC(=O)c3ccc4c(c3)OC3(CC3)O4)nc2=O)C(F)(F)[C@@H]1O)Oc1ccccc1. The predicted octanol–water partition coefficient (Wildman–Crippen LogP) is 3.78. The Labute approximate surface area is 278 Å². The third-order valence-corrected chi connectivity index (χ3v) is 9.24. The van der Waals surface area contributed by atoms with Crippen LogP contribution in [0.25, 0.3) is 0 Å². The molecule has 18 heteroatoms. The molecule has 1 saturated heterocycles. The smallest absolute Gasteiger partial charge is 0.459 e. The second kappa shape index (κ2) is 13.1. The lowest BCUT2D eigenvalue weighted by Crippen LogP contribution is -2.42. The predicted molar refractivity (Wildman–Crippen MR) is 165 cm³/mol. The number of ether oxygens (including phenoxy) is 4. The summed E-state index contributed by atoms with van der Waals surface area (Å²) < 4.78 is 77.6. The zero-order chi connectivity index (χ0) is 35.1. The molecule has 2 fully saturated rings. The van der Waals surface area contributed by atoms with Gasteiger partial charge in [0.2, 0.25) is 6.23 Å². The summed E-state index contributed by atoms with van der Waals surface area (Å²) in [6.45, 7) is 3.65. The van der Waals surface area contributed by atoms with E-state index in [1.807, 2.05) is 0 Å². The van der Waals surface area contributed by atoms with Gasteiger partial charge < -0.3 is 33.9 Å². The molecule has 2 unspecified atom stereocenters. The first-order valence-electron chi connectivity index (χ1n) is 15.3. The molecule has 1 spiro atoms. The lowest BCUT2D eigenvalue weighted by Gasteiger charge is -2.25. The van der Waals surface area contributed by atoms with Gasteiger partial charge in [0.1, 0.15) is 23.7 Å². The number of hydrogen-bond acceptors (Lipinski definition) is 12. The number of amides is 1. The second-order valence-corrected chi connectivity index (χ2v) is 13.6. The van der Waals surface area contributed by atoms with Gasteiger partial charge in [-0.25, -0.2) is 9.36 Å². The molecule has 2 aromatic carbocycles. The van der Waals surface area contributed by atoms with E-state index in [-0.39, 0.29) is 17.1 Å². The molecule has 3 N–H and O–H groups in total. The van der Waals surface area contributed by atoms with Crippen LogP contribution in [0.1, 0.15) is 50.2 Å². The van der Waals surface area contributed by atoms with Crippen LogP contribution in [0.3, 0.4) is 0 Å². The summed E-state index contributed by atoms with van der Waals surface area (Å²) in [7, 11) is -4.49. The van der Waals surface area contributed by atoms with E-state index >= 15 is 8.78 Å².